The molecule has 424 valence electrons. The van der Waals surface area contributed by atoms with Crippen LogP contribution in [0, 0.1) is 0 Å². The Labute approximate surface area is 490 Å². The third kappa shape index (κ3) is 12.5. The van der Waals surface area contributed by atoms with Crippen LogP contribution < -0.4 is 29.6 Å². The average Bonchev–Trinajstić information content (AvgIpc) is 3.89. The first-order valence-electron chi connectivity index (χ1n) is 26.2. The second-order valence-electron chi connectivity index (χ2n) is 19.1. The van der Waals surface area contributed by atoms with Gasteiger partial charge in [0.1, 0.15) is 46.5 Å². The number of aliphatic carboxylic acids is 1. The Balaban J connectivity index is 1.05. The number of fused-ring (bicyclic) bond motifs is 1. The van der Waals surface area contributed by atoms with Crippen LogP contribution in [-0.2, 0) is 43.9 Å². The predicted molar refractivity (Wildman–Crippen MR) is 313 cm³/mol. The number of methoxy groups -OCH3 is 1. The van der Waals surface area contributed by atoms with E-state index in [1.54, 1.807) is 78.2 Å². The molecule has 3 heterocycles. The smallest absolute Gasteiger partial charge is 0.355 e. The van der Waals surface area contributed by atoms with Gasteiger partial charge in [0.05, 0.1) is 7.11 Å². The van der Waals surface area contributed by atoms with E-state index in [4.69, 9.17) is 33.5 Å². The summed E-state index contributed by atoms with van der Waals surface area (Å²) in [6.45, 7) is 2.16. The van der Waals surface area contributed by atoms with Crippen molar-refractivity contribution in [3.05, 3.63) is 250 Å². The van der Waals surface area contributed by atoms with Crippen LogP contribution in [0.1, 0.15) is 65.1 Å². The maximum absolute atomic E-state index is 15.2. The number of thiazole rings is 1. The number of carboxylic acid groups (broad SMARTS) is 1. The predicted octanol–water partition coefficient (Wildman–Crippen LogP) is 10.0. The van der Waals surface area contributed by atoms with Crippen molar-refractivity contribution >= 4 is 69.6 Å². The van der Waals surface area contributed by atoms with E-state index in [0.717, 1.165) is 46.8 Å². The number of nitrogens with zero attached hydrogens (tertiary/aromatic N) is 3. The van der Waals surface area contributed by atoms with Gasteiger partial charge in [0.25, 0.3) is 11.8 Å². The van der Waals surface area contributed by atoms with Gasteiger partial charge >= 0.3 is 23.9 Å². The fraction of sp³-hybridized carbons (Fsp3) is 0.156. The summed E-state index contributed by atoms with van der Waals surface area (Å²) in [7, 11) is 1.53. The minimum absolute atomic E-state index is 0.0160. The molecular weight excluding hydrogens is 1110 g/mol. The molecule has 1 saturated heterocycles. The molecule has 18 nitrogen and oxygen atoms in total. The average molecular weight is 1160 g/mol. The Bertz CT molecular complexity index is 3620. The molecule has 3 atom stereocenters. The minimum atomic E-state index is -1.85. The van der Waals surface area contributed by atoms with Crippen molar-refractivity contribution in [2.75, 3.05) is 24.8 Å². The maximum Gasteiger partial charge on any atom is 0.355 e. The number of carbonyl (C=O) groups is 6. The van der Waals surface area contributed by atoms with Gasteiger partial charge in [0.2, 0.25) is 6.10 Å². The number of carbonyl (C=O) groups excluding carboxylic acids is 5. The van der Waals surface area contributed by atoms with Gasteiger partial charge in [-0.15, -0.1) is 23.1 Å². The number of hydrogen-bond acceptors (Lipinski definition) is 17. The number of anilines is 1. The van der Waals surface area contributed by atoms with E-state index in [2.05, 4.69) is 15.8 Å². The summed E-state index contributed by atoms with van der Waals surface area (Å²) < 4.78 is 28.3. The number of ether oxygens (including phenoxy) is 5. The summed E-state index contributed by atoms with van der Waals surface area (Å²) in [5, 5.41) is 22.4. The van der Waals surface area contributed by atoms with Crippen molar-refractivity contribution in [1.29, 1.82) is 0 Å². The Morgan fingerprint density at radius 2 is 1.24 bits per heavy atom. The molecule has 0 radical (unpaired) electrons. The lowest BCUT2D eigenvalue weighted by molar-refractivity contribution is -0.162. The van der Waals surface area contributed by atoms with Gasteiger partial charge in [-0.3, -0.25) is 24.1 Å². The molecule has 8 aromatic rings. The zero-order chi connectivity index (χ0) is 58.7. The van der Waals surface area contributed by atoms with Crippen molar-refractivity contribution in [1.82, 2.24) is 15.2 Å². The van der Waals surface area contributed by atoms with E-state index in [0.29, 0.717) is 33.3 Å². The molecule has 0 aliphatic carbocycles. The summed E-state index contributed by atoms with van der Waals surface area (Å²) in [4.78, 5) is 94.4. The standard InChI is InChI=1S/C64H53N5O13S2/c1-39(70)79-51-34-29-43(35-52(51)80-40(2)71)57(62(76)81-56(41-19-9-4-10-20-41)42-21-11-5-12-22-42)82-68-53(58(72)66-54-59(73)69-55(61(74)75)44(37-83-60(54)69)36-78-49-32-30-48(77-3)31-33-49)50-38-84-63(65-50)67-64(45-23-13-6-14-24-45,46-25-15-7-16-26-46)47-27-17-8-18-28-47/h4-35,38,54,56-57,60H,36-37H2,1-3H3,(H,65,67)(H,66,72)(H,74,75)/b68-53-/t54-,57-,60+/m1/s1. The lowest BCUT2D eigenvalue weighted by Gasteiger charge is -2.49. The molecule has 10 rings (SSSR count). The molecule has 0 spiro atoms. The highest BCUT2D eigenvalue weighted by molar-refractivity contribution is 8.00. The molecule has 84 heavy (non-hydrogen) atoms. The van der Waals surface area contributed by atoms with Gasteiger partial charge in [-0.05, 0) is 64.2 Å². The van der Waals surface area contributed by atoms with E-state index in [9.17, 15) is 24.3 Å². The minimum Gasteiger partial charge on any atom is -0.497 e. The first kappa shape index (κ1) is 57.2. The van der Waals surface area contributed by atoms with Crippen LogP contribution in [0.25, 0.3) is 0 Å². The molecule has 2 aliphatic heterocycles. The normalized spacial score (nSPS) is 15.2. The second-order valence-corrected chi connectivity index (χ2v) is 21.0. The van der Waals surface area contributed by atoms with Gasteiger partial charge < -0.3 is 44.3 Å². The number of oxime groups is 1. The molecule has 0 saturated carbocycles. The molecule has 1 aromatic heterocycles. The molecule has 1 fully saturated rings. The molecule has 2 amide bonds. The Kier molecular flexibility index (Phi) is 17.6. The molecular formula is C64H53N5O13S2. The number of thioether (sulfide) groups is 1. The number of hydrogen-bond donors (Lipinski definition) is 3. The molecule has 0 bridgehead atoms. The lowest BCUT2D eigenvalue weighted by atomic mass is 9.77. The highest BCUT2D eigenvalue weighted by atomic mass is 32.2. The summed E-state index contributed by atoms with van der Waals surface area (Å²) in [5.41, 5.74) is 2.20. The number of benzene rings is 7. The molecule has 20 heteroatoms. The monoisotopic (exact) mass is 1160 g/mol. The number of amides is 2. The Morgan fingerprint density at radius 1 is 0.702 bits per heavy atom. The number of rotatable bonds is 22. The topological polar surface area (TPSA) is 231 Å². The van der Waals surface area contributed by atoms with Crippen LogP contribution in [0.3, 0.4) is 0 Å². The highest BCUT2D eigenvalue weighted by Crippen LogP contribution is 2.43. The molecule has 2 aliphatic rings. The zero-order valence-electron chi connectivity index (χ0n) is 45.3. The summed E-state index contributed by atoms with van der Waals surface area (Å²) in [6.07, 6.45) is -2.85. The third-order valence-electron chi connectivity index (χ3n) is 13.6. The second kappa shape index (κ2) is 25.8. The largest absolute Gasteiger partial charge is 0.497 e. The van der Waals surface area contributed by atoms with E-state index in [1.165, 1.54) is 37.1 Å². The number of esters is 3. The van der Waals surface area contributed by atoms with Crippen LogP contribution in [0.4, 0.5) is 5.13 Å². The van der Waals surface area contributed by atoms with E-state index < -0.39 is 70.6 Å². The van der Waals surface area contributed by atoms with Gasteiger partial charge in [0.15, 0.2) is 28.4 Å². The summed E-state index contributed by atoms with van der Waals surface area (Å²) >= 11 is 2.36. The van der Waals surface area contributed by atoms with Gasteiger partial charge in [-0.2, -0.15) is 0 Å². The van der Waals surface area contributed by atoms with E-state index in [1.807, 2.05) is 103 Å². The number of aromatic nitrogens is 1. The Hall–Kier alpha value is -10.1. The highest BCUT2D eigenvalue weighted by Gasteiger charge is 2.55. The van der Waals surface area contributed by atoms with Crippen LogP contribution in [0.15, 0.2) is 216 Å². The molecule has 3 N–H and O–H groups in total. The van der Waals surface area contributed by atoms with Crippen molar-refractivity contribution in [3.8, 4) is 23.0 Å². The van der Waals surface area contributed by atoms with Crippen LogP contribution in [0.5, 0.6) is 23.0 Å². The van der Waals surface area contributed by atoms with Crippen LogP contribution in [-0.4, -0.2) is 87.3 Å². The number of β-lactam (4-membered cyclic amide) rings is 1. The van der Waals surface area contributed by atoms with E-state index in [-0.39, 0.29) is 40.8 Å². The van der Waals surface area contributed by atoms with Crippen LogP contribution >= 0.6 is 23.1 Å². The molecule has 7 aromatic carbocycles. The van der Waals surface area contributed by atoms with Crippen molar-refractivity contribution in [2.45, 2.75) is 43.0 Å². The van der Waals surface area contributed by atoms with Crippen molar-refractivity contribution < 1.29 is 62.4 Å². The van der Waals surface area contributed by atoms with Crippen molar-refractivity contribution in [3.63, 3.8) is 0 Å². The van der Waals surface area contributed by atoms with E-state index >= 15 is 9.59 Å². The fourth-order valence-electron chi connectivity index (χ4n) is 9.70. The first-order chi connectivity index (χ1) is 40.8. The van der Waals surface area contributed by atoms with Gasteiger partial charge in [-0.1, -0.05) is 163 Å². The SMILES string of the molecule is COc1ccc(OCC2=C(C(=O)O)N3C(=O)[C@@H](NC(=O)/C(=N\O[C@@H](C(=O)OC(c4ccccc4)c4ccccc4)c4ccc(OC(C)=O)c(OC(C)=O)c4)c4csc(NC(c5ccccc5)(c5ccccc5)c5ccccc5)n4)[C@@H]3SC2)cc1. The zero-order valence-corrected chi connectivity index (χ0v) is 46.9. The summed E-state index contributed by atoms with van der Waals surface area (Å²) in [6, 6.07) is 56.6. The van der Waals surface area contributed by atoms with Crippen LogP contribution in [0.2, 0.25) is 0 Å². The first-order valence-corrected chi connectivity index (χ1v) is 28.2. The van der Waals surface area contributed by atoms with Gasteiger partial charge in [0, 0.05) is 36.1 Å². The third-order valence-corrected chi connectivity index (χ3v) is 15.7. The Morgan fingerprint density at radius 3 is 1.77 bits per heavy atom. The lowest BCUT2D eigenvalue weighted by Crippen LogP contribution is -2.71. The van der Waals surface area contributed by atoms with Crippen molar-refractivity contribution in [2.24, 2.45) is 5.16 Å². The number of carboxylic acids is 1. The maximum atomic E-state index is 15.2. The molecule has 0 unspecified atom stereocenters. The summed E-state index contributed by atoms with van der Waals surface area (Å²) in [5.74, 6) is -4.80. The number of nitrogens with one attached hydrogen (secondary N) is 2. The quantitative estimate of drug-likeness (QED) is 0.0143. The fourth-order valence-corrected chi connectivity index (χ4v) is 11.8. The van der Waals surface area contributed by atoms with Gasteiger partial charge in [-0.25, -0.2) is 14.6 Å².